The molecule has 0 spiro atoms. The Kier molecular flexibility index (Phi) is 4.06. The molecule has 0 amide bonds. The summed E-state index contributed by atoms with van der Waals surface area (Å²) in [5, 5.41) is 15.9. The Morgan fingerprint density at radius 2 is 1.80 bits per heavy atom. The number of tetrazole rings is 1. The number of rotatable bonds is 8. The highest BCUT2D eigenvalue weighted by Crippen LogP contribution is 2.49. The maximum Gasteiger partial charge on any atom is 0.167 e. The van der Waals surface area contributed by atoms with Gasteiger partial charge in [0.1, 0.15) is 0 Å². The molecule has 1 aromatic rings. The summed E-state index contributed by atoms with van der Waals surface area (Å²) in [4.78, 5) is 0. The minimum absolute atomic E-state index is 0.228. The van der Waals surface area contributed by atoms with Crippen LogP contribution in [-0.2, 0) is 6.54 Å². The molecule has 0 aromatic carbocycles. The third-order valence-corrected chi connectivity index (χ3v) is 4.62. The largest absolute Gasteiger partial charge is 0.307 e. The molecule has 112 valence electrons. The summed E-state index contributed by atoms with van der Waals surface area (Å²) in [5.41, 5.74) is 0. The second kappa shape index (κ2) is 5.80. The van der Waals surface area contributed by atoms with Gasteiger partial charge in [-0.3, -0.25) is 0 Å². The van der Waals surface area contributed by atoms with Crippen LogP contribution < -0.4 is 5.32 Å². The quantitative estimate of drug-likeness (QED) is 0.793. The lowest BCUT2D eigenvalue weighted by Gasteiger charge is -2.19. The monoisotopic (exact) mass is 277 g/mol. The third kappa shape index (κ3) is 3.37. The summed E-state index contributed by atoms with van der Waals surface area (Å²) in [6.45, 7) is 8.62. The van der Waals surface area contributed by atoms with Gasteiger partial charge in [0, 0.05) is 6.54 Å². The van der Waals surface area contributed by atoms with E-state index in [1.165, 1.54) is 25.7 Å². The molecule has 1 atom stereocenters. The van der Waals surface area contributed by atoms with E-state index in [2.05, 4.69) is 46.3 Å². The zero-order chi connectivity index (χ0) is 14.1. The van der Waals surface area contributed by atoms with E-state index in [0.717, 1.165) is 36.7 Å². The average molecular weight is 277 g/mol. The fraction of sp³-hybridized carbons (Fsp3) is 0.933. The van der Waals surface area contributed by atoms with Gasteiger partial charge < -0.3 is 5.32 Å². The highest BCUT2D eigenvalue weighted by molar-refractivity contribution is 4.95. The van der Waals surface area contributed by atoms with Gasteiger partial charge in [-0.05, 0) is 73.3 Å². The predicted octanol–water partition coefficient (Wildman–Crippen LogP) is 2.42. The van der Waals surface area contributed by atoms with Crippen molar-refractivity contribution in [1.82, 2.24) is 25.5 Å². The zero-order valence-corrected chi connectivity index (χ0v) is 12.9. The predicted molar refractivity (Wildman–Crippen MR) is 78.0 cm³/mol. The van der Waals surface area contributed by atoms with Crippen LogP contribution in [0.1, 0.15) is 58.3 Å². The van der Waals surface area contributed by atoms with Crippen LogP contribution in [0.25, 0.3) is 0 Å². The van der Waals surface area contributed by atoms with Crippen molar-refractivity contribution in [2.45, 2.75) is 59.0 Å². The molecule has 0 bridgehead atoms. The molecular formula is C15H27N5. The first kappa shape index (κ1) is 14.0. The van der Waals surface area contributed by atoms with Crippen LogP contribution in [0.5, 0.6) is 0 Å². The van der Waals surface area contributed by atoms with Crippen molar-refractivity contribution in [3.05, 3.63) is 5.82 Å². The SMILES string of the molecule is CC(C)CNC(C)c1nnnn1CC(C1CC1)C1CC1. The van der Waals surface area contributed by atoms with Crippen LogP contribution in [0.3, 0.4) is 0 Å². The minimum atomic E-state index is 0.228. The van der Waals surface area contributed by atoms with Gasteiger partial charge in [-0.25, -0.2) is 4.68 Å². The standard InChI is InChI=1S/C15H27N5/c1-10(2)8-16-11(3)15-17-18-19-20(15)9-14(12-4-5-12)13-6-7-13/h10-14,16H,4-9H2,1-3H3. The van der Waals surface area contributed by atoms with Crippen LogP contribution in [-0.4, -0.2) is 26.8 Å². The van der Waals surface area contributed by atoms with Crippen LogP contribution >= 0.6 is 0 Å². The van der Waals surface area contributed by atoms with Gasteiger partial charge in [0.2, 0.25) is 0 Å². The summed E-state index contributed by atoms with van der Waals surface area (Å²) in [5.74, 6) is 4.34. The first-order valence-corrected chi connectivity index (χ1v) is 8.14. The molecule has 20 heavy (non-hydrogen) atoms. The summed E-state index contributed by atoms with van der Waals surface area (Å²) in [7, 11) is 0. The van der Waals surface area contributed by atoms with Crippen molar-refractivity contribution in [2.24, 2.45) is 23.7 Å². The lowest BCUT2D eigenvalue weighted by molar-refractivity contribution is 0.317. The van der Waals surface area contributed by atoms with Gasteiger partial charge >= 0.3 is 0 Å². The second-order valence-corrected chi connectivity index (χ2v) is 7.08. The van der Waals surface area contributed by atoms with E-state index in [9.17, 15) is 0 Å². The second-order valence-electron chi connectivity index (χ2n) is 7.08. The molecule has 2 aliphatic carbocycles. The van der Waals surface area contributed by atoms with Gasteiger partial charge in [-0.1, -0.05) is 13.8 Å². The number of nitrogens with zero attached hydrogens (tertiary/aromatic N) is 4. The summed E-state index contributed by atoms with van der Waals surface area (Å²) in [6.07, 6.45) is 5.67. The fourth-order valence-corrected chi connectivity index (χ4v) is 3.09. The number of aromatic nitrogens is 4. The molecule has 1 N–H and O–H groups in total. The van der Waals surface area contributed by atoms with E-state index >= 15 is 0 Å². The van der Waals surface area contributed by atoms with Crippen LogP contribution in [0.4, 0.5) is 0 Å². The Labute approximate surface area is 121 Å². The third-order valence-electron chi connectivity index (χ3n) is 4.62. The molecule has 0 radical (unpaired) electrons. The molecule has 1 aromatic heterocycles. The fourth-order valence-electron chi connectivity index (χ4n) is 3.09. The Morgan fingerprint density at radius 1 is 1.15 bits per heavy atom. The van der Waals surface area contributed by atoms with Crippen molar-refractivity contribution < 1.29 is 0 Å². The van der Waals surface area contributed by atoms with Crippen molar-refractivity contribution in [1.29, 1.82) is 0 Å². The molecule has 3 rings (SSSR count). The van der Waals surface area contributed by atoms with E-state index in [0.29, 0.717) is 5.92 Å². The molecule has 1 heterocycles. The number of hydrogen-bond donors (Lipinski definition) is 1. The van der Waals surface area contributed by atoms with Gasteiger partial charge in [0.25, 0.3) is 0 Å². The van der Waals surface area contributed by atoms with Crippen molar-refractivity contribution in [2.75, 3.05) is 6.54 Å². The number of hydrogen-bond acceptors (Lipinski definition) is 4. The average Bonchev–Trinajstić information content (AvgIpc) is 3.33. The lowest BCUT2D eigenvalue weighted by atomic mass is 9.98. The molecular weight excluding hydrogens is 250 g/mol. The Balaban J connectivity index is 1.63. The van der Waals surface area contributed by atoms with Crippen LogP contribution in [0, 0.1) is 23.7 Å². The molecule has 2 saturated carbocycles. The van der Waals surface area contributed by atoms with Gasteiger partial charge in [-0.15, -0.1) is 5.10 Å². The summed E-state index contributed by atoms with van der Waals surface area (Å²) < 4.78 is 2.05. The molecule has 1 unspecified atom stereocenters. The Morgan fingerprint density at radius 3 is 2.35 bits per heavy atom. The molecule has 2 fully saturated rings. The van der Waals surface area contributed by atoms with E-state index < -0.39 is 0 Å². The van der Waals surface area contributed by atoms with Gasteiger partial charge in [0.05, 0.1) is 6.04 Å². The van der Waals surface area contributed by atoms with Gasteiger partial charge in [-0.2, -0.15) is 0 Å². The van der Waals surface area contributed by atoms with Crippen molar-refractivity contribution >= 4 is 0 Å². The van der Waals surface area contributed by atoms with E-state index in [4.69, 9.17) is 0 Å². The van der Waals surface area contributed by atoms with Gasteiger partial charge in [0.15, 0.2) is 5.82 Å². The van der Waals surface area contributed by atoms with E-state index in [1.807, 2.05) is 0 Å². The maximum absolute atomic E-state index is 4.25. The van der Waals surface area contributed by atoms with E-state index in [1.54, 1.807) is 0 Å². The highest BCUT2D eigenvalue weighted by atomic mass is 15.5. The van der Waals surface area contributed by atoms with Crippen molar-refractivity contribution in [3.63, 3.8) is 0 Å². The molecule has 0 aliphatic heterocycles. The zero-order valence-electron chi connectivity index (χ0n) is 12.9. The van der Waals surface area contributed by atoms with E-state index in [-0.39, 0.29) is 6.04 Å². The lowest BCUT2D eigenvalue weighted by Crippen LogP contribution is -2.27. The van der Waals surface area contributed by atoms with Crippen molar-refractivity contribution in [3.8, 4) is 0 Å². The first-order valence-electron chi connectivity index (χ1n) is 8.14. The highest BCUT2D eigenvalue weighted by Gasteiger charge is 2.42. The molecule has 2 aliphatic rings. The first-order chi connectivity index (χ1) is 9.65. The molecule has 5 nitrogen and oxygen atoms in total. The Hall–Kier alpha value is -0.970. The number of nitrogens with one attached hydrogen (secondary N) is 1. The maximum atomic E-state index is 4.25. The van der Waals surface area contributed by atoms with Crippen LogP contribution in [0.2, 0.25) is 0 Å². The normalized spacial score (nSPS) is 20.9. The van der Waals surface area contributed by atoms with Crippen LogP contribution in [0.15, 0.2) is 0 Å². The minimum Gasteiger partial charge on any atom is -0.307 e. The summed E-state index contributed by atoms with van der Waals surface area (Å²) in [6, 6.07) is 0.228. The molecule has 5 heteroatoms. The summed E-state index contributed by atoms with van der Waals surface area (Å²) >= 11 is 0. The smallest absolute Gasteiger partial charge is 0.167 e. The Bertz CT molecular complexity index is 421. The topological polar surface area (TPSA) is 55.6 Å². The molecule has 0 saturated heterocycles.